The molecule has 0 N–H and O–H groups in total. The summed E-state index contributed by atoms with van der Waals surface area (Å²) in [5, 5.41) is 8.08. The molecule has 0 aliphatic rings. The number of hydrogen-bond donors (Lipinski definition) is 0. The van der Waals surface area contributed by atoms with Gasteiger partial charge in [-0.25, -0.2) is 0 Å². The van der Waals surface area contributed by atoms with Gasteiger partial charge in [-0.15, -0.1) is 68.6 Å². The van der Waals surface area contributed by atoms with Crippen LogP contribution in [0.3, 0.4) is 0 Å². The van der Waals surface area contributed by atoms with Gasteiger partial charge in [0.1, 0.15) is 0 Å². The third-order valence-electron chi connectivity index (χ3n) is 8.83. The summed E-state index contributed by atoms with van der Waals surface area (Å²) in [5.74, 6) is 0.563. The van der Waals surface area contributed by atoms with E-state index in [0.717, 1.165) is 9.52 Å². The van der Waals surface area contributed by atoms with Gasteiger partial charge in [0.25, 0.3) is 0 Å². The van der Waals surface area contributed by atoms with E-state index in [2.05, 4.69) is 183 Å². The molecule has 0 atom stereocenters. The molecule has 49 heavy (non-hydrogen) atoms. The molecule has 0 spiro atoms. The molecule has 0 aliphatic carbocycles. The Morgan fingerprint density at radius 3 is 1.88 bits per heavy atom. The Bertz CT molecular complexity index is 2080. The molecule has 0 fully saturated rings. The molecule has 0 heterocycles. The zero-order valence-corrected chi connectivity index (χ0v) is 35.4. The maximum absolute atomic E-state index is 4.93. The average molecular weight is 779 g/mol. The van der Waals surface area contributed by atoms with E-state index in [1.54, 1.807) is 0 Å². The van der Waals surface area contributed by atoms with Crippen molar-refractivity contribution >= 4 is 58.9 Å². The summed E-state index contributed by atoms with van der Waals surface area (Å²) >= 11 is -0.826. The van der Waals surface area contributed by atoms with Crippen LogP contribution in [0.5, 0.6) is 0 Å². The molecule has 0 saturated heterocycles. The van der Waals surface area contributed by atoms with Gasteiger partial charge in [-0.1, -0.05) is 152 Å². The first-order chi connectivity index (χ1) is 23.4. The van der Waals surface area contributed by atoms with Crippen molar-refractivity contribution < 1.29 is 20.8 Å². The molecule has 7 rings (SSSR count). The van der Waals surface area contributed by atoms with Crippen molar-refractivity contribution in [2.24, 2.45) is 0 Å². The molecule has 0 aromatic heterocycles. The summed E-state index contributed by atoms with van der Waals surface area (Å²) in [6, 6.07) is 44.6. The van der Waals surface area contributed by atoms with E-state index in [0.29, 0.717) is 5.92 Å². The first-order valence-corrected chi connectivity index (χ1v) is 25.3. The predicted octanol–water partition coefficient (Wildman–Crippen LogP) is 14.8. The molecule has 0 aliphatic heterocycles. The predicted molar refractivity (Wildman–Crippen MR) is 219 cm³/mol. The van der Waals surface area contributed by atoms with Crippen molar-refractivity contribution in [3.63, 3.8) is 0 Å². The van der Waals surface area contributed by atoms with Gasteiger partial charge >= 0.3 is 37.9 Å². The van der Waals surface area contributed by atoms with Gasteiger partial charge in [0.2, 0.25) is 0 Å². The Kier molecular flexibility index (Phi) is 14.3. The van der Waals surface area contributed by atoms with Crippen LogP contribution < -0.4 is 0 Å². The third kappa shape index (κ3) is 9.74. The number of aryl methyl sites for hydroxylation is 2. The summed E-state index contributed by atoms with van der Waals surface area (Å²) in [6.07, 6.45) is 0. The second kappa shape index (κ2) is 18.0. The zero-order chi connectivity index (χ0) is 35.7. The summed E-state index contributed by atoms with van der Waals surface area (Å²) in [5.41, 5.74) is 11.0. The van der Waals surface area contributed by atoms with Gasteiger partial charge in [-0.3, -0.25) is 0 Å². The fraction of sp³-hybridized carbons (Fsp3) is 0.244. The van der Waals surface area contributed by atoms with E-state index in [1.165, 1.54) is 76.8 Å². The fourth-order valence-electron chi connectivity index (χ4n) is 6.28. The summed E-state index contributed by atoms with van der Waals surface area (Å²) in [7, 11) is 11.0. The van der Waals surface area contributed by atoms with Crippen LogP contribution in [-0.2, 0) is 26.3 Å². The number of hydrogen-bond acceptors (Lipinski definition) is 0. The van der Waals surface area contributed by atoms with Crippen LogP contribution in [0.15, 0.2) is 121 Å². The molecule has 250 valence electrons. The molecule has 7 aromatic rings. The summed E-state index contributed by atoms with van der Waals surface area (Å²) < 4.78 is 0. The number of rotatable bonds is 3. The van der Waals surface area contributed by atoms with E-state index in [9.17, 15) is 0 Å². The van der Waals surface area contributed by atoms with Crippen LogP contribution in [0.25, 0.3) is 54.6 Å². The third-order valence-corrected chi connectivity index (χ3v) is 8.83. The van der Waals surface area contributed by atoms with E-state index in [1.807, 2.05) is 0 Å². The SMILES string of the molecule is CC(C)c1cc2c(-c3cccc4ccccc34)cccc2[cH-]1.C[Si]C.Cc1cc2c(-c3ccc(C(C)(C)C)cc3)ccc(C)c2[cH-]1.[Cl][Zr+2][Cl]. The molecule has 7 aromatic carbocycles. The van der Waals surface area contributed by atoms with Crippen molar-refractivity contribution in [2.75, 3.05) is 0 Å². The van der Waals surface area contributed by atoms with E-state index in [-0.39, 0.29) is 5.41 Å². The molecule has 0 bridgehead atoms. The van der Waals surface area contributed by atoms with Gasteiger partial charge in [-0.2, -0.15) is 12.1 Å². The molecule has 0 unspecified atom stereocenters. The van der Waals surface area contributed by atoms with Crippen molar-refractivity contribution in [1.29, 1.82) is 0 Å². The minimum atomic E-state index is -0.826. The Morgan fingerprint density at radius 1 is 0.653 bits per heavy atom. The normalized spacial score (nSPS) is 10.9. The summed E-state index contributed by atoms with van der Waals surface area (Å²) in [4.78, 5) is 0. The first-order valence-electron chi connectivity index (χ1n) is 16.9. The molecule has 4 heteroatoms. The van der Waals surface area contributed by atoms with Crippen LogP contribution in [-0.4, -0.2) is 9.52 Å². The van der Waals surface area contributed by atoms with E-state index >= 15 is 0 Å². The fourth-order valence-corrected chi connectivity index (χ4v) is 6.28. The maximum atomic E-state index is 4.93. The molecular weight excluding hydrogens is 731 g/mol. The van der Waals surface area contributed by atoms with E-state index in [4.69, 9.17) is 17.0 Å². The van der Waals surface area contributed by atoms with Crippen LogP contribution in [0.4, 0.5) is 0 Å². The number of halogens is 2. The molecular formula is C45H48Cl2SiZr. The quantitative estimate of drug-likeness (QED) is 0.124. The Labute approximate surface area is 316 Å². The van der Waals surface area contributed by atoms with Gasteiger partial charge < -0.3 is 0 Å². The van der Waals surface area contributed by atoms with Crippen molar-refractivity contribution in [3.8, 4) is 22.3 Å². The Morgan fingerprint density at radius 2 is 1.24 bits per heavy atom. The summed E-state index contributed by atoms with van der Waals surface area (Å²) in [6.45, 7) is 19.9. The average Bonchev–Trinajstić information content (AvgIpc) is 3.70. The molecule has 2 radical (unpaired) electrons. The van der Waals surface area contributed by atoms with Gasteiger partial charge in [0.15, 0.2) is 0 Å². The van der Waals surface area contributed by atoms with Crippen LogP contribution >= 0.6 is 17.0 Å². The molecule has 0 nitrogen and oxygen atoms in total. The van der Waals surface area contributed by atoms with Crippen molar-refractivity contribution in [2.45, 2.75) is 72.9 Å². The second-order valence-electron chi connectivity index (χ2n) is 14.0. The van der Waals surface area contributed by atoms with Crippen molar-refractivity contribution in [3.05, 3.63) is 144 Å². The first kappa shape index (κ1) is 39.1. The van der Waals surface area contributed by atoms with Gasteiger partial charge in [0.05, 0.1) is 0 Å². The minimum absolute atomic E-state index is 0.206. The Balaban J connectivity index is 0.000000191. The molecule has 0 amide bonds. The zero-order valence-electron chi connectivity index (χ0n) is 30.4. The van der Waals surface area contributed by atoms with Gasteiger partial charge in [-0.05, 0) is 38.8 Å². The standard InChI is InChI=1S/C22H19.C21H23.C2H6Si.2ClH.Zr/c1-15(2)18-13-17-9-6-12-21(22(17)14-18)20-11-5-8-16-7-3-4-10-19(16)20;1-14-12-19-15(2)6-11-18(20(19)13-14)16-7-9-17(10-8-16)21(3,4)5;1-3-2;;;/h3-15H,1-2H3;6-13H,1-5H3;1-2H3;2*1H;/q2*-1;;;;+4/p-2. The monoisotopic (exact) mass is 776 g/mol. The number of fused-ring (bicyclic) bond motifs is 3. The van der Waals surface area contributed by atoms with Crippen molar-refractivity contribution in [1.82, 2.24) is 0 Å². The van der Waals surface area contributed by atoms with Crippen LogP contribution in [0.2, 0.25) is 13.1 Å². The second-order valence-corrected chi connectivity index (χ2v) is 18.7. The van der Waals surface area contributed by atoms with Crippen LogP contribution in [0.1, 0.15) is 62.8 Å². The van der Waals surface area contributed by atoms with Gasteiger partial charge in [0, 0.05) is 9.52 Å². The topological polar surface area (TPSA) is 0 Å². The Hall–Kier alpha value is -2.74. The van der Waals surface area contributed by atoms with E-state index < -0.39 is 20.8 Å². The molecule has 0 saturated carbocycles. The van der Waals surface area contributed by atoms with Crippen LogP contribution in [0, 0.1) is 13.8 Å². The number of benzene rings is 5.